The van der Waals surface area contributed by atoms with Crippen LogP contribution in [0.1, 0.15) is 17.7 Å². The van der Waals surface area contributed by atoms with Crippen molar-refractivity contribution in [3.8, 4) is 11.8 Å². The van der Waals surface area contributed by atoms with Crippen molar-refractivity contribution < 1.29 is 9.31 Å². The van der Waals surface area contributed by atoms with Crippen molar-refractivity contribution in [1.29, 1.82) is 0 Å². The highest BCUT2D eigenvalue weighted by Gasteiger charge is 2.21. The molecule has 3 heterocycles. The fourth-order valence-corrected chi connectivity index (χ4v) is 2.47. The van der Waals surface area contributed by atoms with Crippen molar-refractivity contribution >= 4 is 11.5 Å². The molecule has 0 aromatic carbocycles. The monoisotopic (exact) mass is 350 g/mol. The fourth-order valence-electron chi connectivity index (χ4n) is 2.47. The van der Waals surface area contributed by atoms with Crippen LogP contribution in [-0.2, 0) is 0 Å². The molecule has 0 spiro atoms. The number of hydrogen-bond donors (Lipinski definition) is 0. The molecule has 0 atom stereocenters. The molecular formula is C19H15FN4O2. The molecule has 0 aliphatic carbocycles. The van der Waals surface area contributed by atoms with Gasteiger partial charge in [-0.2, -0.15) is 4.39 Å². The molecule has 0 amide bonds. The van der Waals surface area contributed by atoms with Crippen LogP contribution in [0, 0.1) is 34.8 Å². The Bertz CT molecular complexity index is 973. The highest BCUT2D eigenvalue weighted by atomic mass is 19.1. The second-order valence-electron chi connectivity index (χ2n) is 5.67. The second-order valence-corrected chi connectivity index (χ2v) is 5.67. The number of hydrogen-bond acceptors (Lipinski definition) is 5. The number of halogens is 1. The van der Waals surface area contributed by atoms with E-state index in [1.165, 1.54) is 18.3 Å². The van der Waals surface area contributed by atoms with Crippen molar-refractivity contribution in [1.82, 2.24) is 9.97 Å². The van der Waals surface area contributed by atoms with Gasteiger partial charge in [0.05, 0.1) is 4.92 Å². The number of nitro groups is 1. The molecule has 6 nitrogen and oxygen atoms in total. The largest absolute Gasteiger partial charge is 0.327 e. The lowest BCUT2D eigenvalue weighted by Gasteiger charge is -2.23. The van der Waals surface area contributed by atoms with E-state index in [9.17, 15) is 14.5 Å². The van der Waals surface area contributed by atoms with Crippen LogP contribution < -0.4 is 4.90 Å². The topological polar surface area (TPSA) is 72.2 Å². The van der Waals surface area contributed by atoms with Gasteiger partial charge in [0.25, 0.3) is 0 Å². The SMILES string of the molecule is Cc1ccc([N+](=O)[O-])c(N2C=CC(=CC#Cc3ccnc(F)c3)CC2)n1. The van der Waals surface area contributed by atoms with Crippen LogP contribution in [0.15, 0.2) is 54.4 Å². The zero-order valence-corrected chi connectivity index (χ0v) is 14.0. The summed E-state index contributed by atoms with van der Waals surface area (Å²) in [6.07, 6.45) is 7.40. The Balaban J connectivity index is 1.77. The van der Waals surface area contributed by atoms with Crippen molar-refractivity contribution in [2.45, 2.75) is 13.3 Å². The summed E-state index contributed by atoms with van der Waals surface area (Å²) >= 11 is 0. The standard InChI is InChI=1S/C19H15FN4O2/c1-14-5-6-17(24(25)26)19(22-14)23-11-8-15(9-12-23)3-2-4-16-7-10-21-18(20)13-16/h3,5-8,10-11,13H,9,12H2,1H3. The quantitative estimate of drug-likeness (QED) is 0.359. The summed E-state index contributed by atoms with van der Waals surface area (Å²) in [5.74, 6) is 5.52. The van der Waals surface area contributed by atoms with Crippen molar-refractivity contribution in [2.24, 2.45) is 0 Å². The molecule has 0 unspecified atom stereocenters. The first-order chi connectivity index (χ1) is 12.5. The lowest BCUT2D eigenvalue weighted by Crippen LogP contribution is -2.23. The van der Waals surface area contributed by atoms with Crippen molar-refractivity contribution in [3.63, 3.8) is 0 Å². The van der Waals surface area contributed by atoms with Crippen LogP contribution in [0.25, 0.3) is 0 Å². The van der Waals surface area contributed by atoms with Crippen molar-refractivity contribution in [3.05, 3.63) is 81.7 Å². The van der Waals surface area contributed by atoms with Gasteiger partial charge >= 0.3 is 5.69 Å². The molecule has 26 heavy (non-hydrogen) atoms. The predicted molar refractivity (Wildman–Crippen MR) is 95.9 cm³/mol. The molecular weight excluding hydrogens is 335 g/mol. The van der Waals surface area contributed by atoms with E-state index in [1.54, 1.807) is 36.2 Å². The summed E-state index contributed by atoms with van der Waals surface area (Å²) in [6, 6.07) is 6.00. The van der Waals surface area contributed by atoms with E-state index in [1.807, 2.05) is 6.08 Å². The van der Waals surface area contributed by atoms with Crippen LogP contribution in [0.3, 0.4) is 0 Å². The van der Waals surface area contributed by atoms with Gasteiger partial charge < -0.3 is 4.90 Å². The smallest absolute Gasteiger partial charge is 0.311 e. The van der Waals surface area contributed by atoms with Crippen LogP contribution >= 0.6 is 0 Å². The van der Waals surface area contributed by atoms with E-state index < -0.39 is 10.9 Å². The van der Waals surface area contributed by atoms with Gasteiger partial charge in [-0.05, 0) is 43.2 Å². The van der Waals surface area contributed by atoms with Gasteiger partial charge in [-0.15, -0.1) is 0 Å². The van der Waals surface area contributed by atoms with Gasteiger partial charge in [0, 0.05) is 42.3 Å². The summed E-state index contributed by atoms with van der Waals surface area (Å²) in [4.78, 5) is 20.3. The average Bonchev–Trinajstić information content (AvgIpc) is 2.62. The maximum absolute atomic E-state index is 13.0. The maximum atomic E-state index is 13.0. The third-order valence-corrected chi connectivity index (χ3v) is 3.77. The minimum absolute atomic E-state index is 0.0211. The summed E-state index contributed by atoms with van der Waals surface area (Å²) in [5, 5.41) is 11.2. The molecule has 0 bridgehead atoms. The second kappa shape index (κ2) is 7.57. The Labute approximate surface area is 149 Å². The molecule has 3 rings (SSSR count). The van der Waals surface area contributed by atoms with Crippen molar-refractivity contribution in [2.75, 3.05) is 11.4 Å². The van der Waals surface area contributed by atoms with Gasteiger partial charge in [-0.3, -0.25) is 10.1 Å². The summed E-state index contributed by atoms with van der Waals surface area (Å²) in [7, 11) is 0. The third kappa shape index (κ3) is 4.11. The number of nitrogens with zero attached hydrogens (tertiary/aromatic N) is 4. The lowest BCUT2D eigenvalue weighted by atomic mass is 10.1. The normalized spacial score (nSPS) is 14.8. The highest BCUT2D eigenvalue weighted by Crippen LogP contribution is 2.28. The van der Waals surface area contributed by atoms with Gasteiger partial charge in [-0.1, -0.05) is 11.8 Å². The summed E-state index contributed by atoms with van der Waals surface area (Å²) in [6.45, 7) is 2.36. The number of anilines is 1. The Kier molecular flexibility index (Phi) is 5.04. The molecule has 0 radical (unpaired) electrons. The Morgan fingerprint density at radius 3 is 2.92 bits per heavy atom. The first-order valence-electron chi connectivity index (χ1n) is 7.92. The van der Waals surface area contributed by atoms with Crippen LogP contribution in [-0.4, -0.2) is 21.4 Å². The molecule has 1 aliphatic heterocycles. The number of aryl methyl sites for hydroxylation is 1. The van der Waals surface area contributed by atoms with Gasteiger partial charge in [0.15, 0.2) is 0 Å². The van der Waals surface area contributed by atoms with E-state index in [2.05, 4.69) is 21.8 Å². The lowest BCUT2D eigenvalue weighted by molar-refractivity contribution is -0.384. The minimum Gasteiger partial charge on any atom is -0.327 e. The molecule has 2 aromatic rings. The number of rotatable bonds is 2. The van der Waals surface area contributed by atoms with E-state index in [0.717, 1.165) is 11.3 Å². The fraction of sp³-hybridized carbons (Fsp3) is 0.158. The van der Waals surface area contributed by atoms with Gasteiger partial charge in [-0.25, -0.2) is 9.97 Å². The Morgan fingerprint density at radius 2 is 2.23 bits per heavy atom. The summed E-state index contributed by atoms with van der Waals surface area (Å²) < 4.78 is 13.0. The Hall–Kier alpha value is -3.53. The molecule has 0 saturated heterocycles. The molecule has 0 fully saturated rings. The van der Waals surface area contributed by atoms with Gasteiger partial charge in [0.2, 0.25) is 11.8 Å². The first kappa shape index (κ1) is 17.3. The molecule has 2 aromatic heterocycles. The molecule has 0 saturated carbocycles. The highest BCUT2D eigenvalue weighted by molar-refractivity contribution is 5.61. The van der Waals surface area contributed by atoms with E-state index in [4.69, 9.17) is 0 Å². The van der Waals surface area contributed by atoms with Gasteiger partial charge in [0.1, 0.15) is 0 Å². The average molecular weight is 350 g/mol. The van der Waals surface area contributed by atoms with Crippen LogP contribution in [0.2, 0.25) is 0 Å². The molecule has 0 N–H and O–H groups in total. The molecule has 7 heteroatoms. The minimum atomic E-state index is -0.565. The van der Waals surface area contributed by atoms with Crippen LogP contribution in [0.5, 0.6) is 0 Å². The van der Waals surface area contributed by atoms with E-state index in [-0.39, 0.29) is 5.69 Å². The zero-order valence-electron chi connectivity index (χ0n) is 14.0. The first-order valence-corrected chi connectivity index (χ1v) is 7.92. The number of allylic oxidation sites excluding steroid dienone is 2. The maximum Gasteiger partial charge on any atom is 0.311 e. The number of pyridine rings is 2. The van der Waals surface area contributed by atoms with E-state index >= 15 is 0 Å². The predicted octanol–water partition coefficient (Wildman–Crippen LogP) is 3.53. The third-order valence-electron chi connectivity index (χ3n) is 3.77. The zero-order chi connectivity index (χ0) is 18.5. The van der Waals surface area contributed by atoms with E-state index in [0.29, 0.717) is 24.3 Å². The Morgan fingerprint density at radius 1 is 1.38 bits per heavy atom. The molecule has 130 valence electrons. The molecule has 1 aliphatic rings. The summed E-state index contributed by atoms with van der Waals surface area (Å²) in [5.41, 5.74) is 2.23. The number of aromatic nitrogens is 2. The van der Waals surface area contributed by atoms with Crippen LogP contribution in [0.4, 0.5) is 15.9 Å².